The summed E-state index contributed by atoms with van der Waals surface area (Å²) in [5.41, 5.74) is 0. The van der Waals surface area contributed by atoms with Gasteiger partial charge in [0.2, 0.25) is 0 Å². The first kappa shape index (κ1) is 16.5. The van der Waals surface area contributed by atoms with Gasteiger partial charge in [-0.25, -0.2) is 0 Å². The van der Waals surface area contributed by atoms with E-state index in [9.17, 15) is 0 Å². The van der Waals surface area contributed by atoms with Gasteiger partial charge in [-0.05, 0) is 37.2 Å². The van der Waals surface area contributed by atoms with Crippen LogP contribution in [0.15, 0.2) is 34.9 Å². The highest BCUT2D eigenvalue weighted by Crippen LogP contribution is 2.31. The molecular formula is C15H20ClNO3S. The molecule has 0 amide bonds. The van der Waals surface area contributed by atoms with Gasteiger partial charge in [-0.15, -0.1) is 11.3 Å². The number of thiophene rings is 1. The third-order valence-corrected chi connectivity index (χ3v) is 4.25. The smallest absolute Gasteiger partial charge is 0.126 e. The Morgan fingerprint density at radius 2 is 2.19 bits per heavy atom. The zero-order chi connectivity index (χ0) is 14.9. The van der Waals surface area contributed by atoms with Gasteiger partial charge in [0.25, 0.3) is 0 Å². The van der Waals surface area contributed by atoms with Gasteiger partial charge in [0.15, 0.2) is 0 Å². The van der Waals surface area contributed by atoms with Crippen LogP contribution >= 0.6 is 22.9 Å². The SMILES string of the molecule is COCCOCCCNC(c1ccco1)c1ccc(Cl)s1. The molecule has 0 aliphatic heterocycles. The summed E-state index contributed by atoms with van der Waals surface area (Å²) in [7, 11) is 1.67. The van der Waals surface area contributed by atoms with Crippen molar-refractivity contribution in [3.8, 4) is 0 Å². The normalized spacial score (nSPS) is 12.7. The number of halogens is 1. The van der Waals surface area contributed by atoms with Crippen molar-refractivity contribution < 1.29 is 13.9 Å². The molecule has 4 nitrogen and oxygen atoms in total. The van der Waals surface area contributed by atoms with Crippen molar-refractivity contribution in [3.63, 3.8) is 0 Å². The summed E-state index contributed by atoms with van der Waals surface area (Å²) in [6.07, 6.45) is 2.62. The van der Waals surface area contributed by atoms with Crippen LogP contribution in [0.1, 0.15) is 23.1 Å². The summed E-state index contributed by atoms with van der Waals surface area (Å²) in [5, 5.41) is 3.49. The zero-order valence-corrected chi connectivity index (χ0v) is 13.6. The number of hydrogen-bond donors (Lipinski definition) is 1. The molecule has 1 N–H and O–H groups in total. The van der Waals surface area contributed by atoms with Crippen molar-refractivity contribution >= 4 is 22.9 Å². The molecule has 0 fully saturated rings. The van der Waals surface area contributed by atoms with Crippen LogP contribution in [0.3, 0.4) is 0 Å². The van der Waals surface area contributed by atoms with E-state index >= 15 is 0 Å². The fourth-order valence-electron chi connectivity index (χ4n) is 1.95. The molecule has 2 heterocycles. The molecule has 1 atom stereocenters. The molecule has 0 aliphatic carbocycles. The van der Waals surface area contributed by atoms with E-state index in [1.54, 1.807) is 24.7 Å². The topological polar surface area (TPSA) is 43.6 Å². The number of hydrogen-bond acceptors (Lipinski definition) is 5. The molecule has 0 radical (unpaired) electrons. The summed E-state index contributed by atoms with van der Waals surface area (Å²) in [4.78, 5) is 1.15. The molecule has 21 heavy (non-hydrogen) atoms. The Labute approximate surface area is 134 Å². The number of furan rings is 1. The number of ether oxygens (including phenoxy) is 2. The number of rotatable bonds is 10. The van der Waals surface area contributed by atoms with E-state index in [2.05, 4.69) is 5.32 Å². The molecule has 116 valence electrons. The number of nitrogens with one attached hydrogen (secondary N) is 1. The molecule has 0 spiro atoms. The average molecular weight is 330 g/mol. The summed E-state index contributed by atoms with van der Waals surface area (Å²) in [6.45, 7) is 2.83. The molecule has 2 rings (SSSR count). The van der Waals surface area contributed by atoms with E-state index in [0.717, 1.165) is 27.9 Å². The monoisotopic (exact) mass is 329 g/mol. The minimum absolute atomic E-state index is 0.0384. The van der Waals surface area contributed by atoms with E-state index in [1.807, 2.05) is 24.3 Å². The van der Waals surface area contributed by atoms with Gasteiger partial charge < -0.3 is 19.2 Å². The van der Waals surface area contributed by atoms with Crippen molar-refractivity contribution in [3.05, 3.63) is 45.5 Å². The molecule has 2 aromatic heterocycles. The maximum atomic E-state index is 6.03. The van der Waals surface area contributed by atoms with Gasteiger partial charge in [-0.3, -0.25) is 0 Å². The predicted molar refractivity (Wildman–Crippen MR) is 85.2 cm³/mol. The van der Waals surface area contributed by atoms with Gasteiger partial charge in [-0.2, -0.15) is 0 Å². The van der Waals surface area contributed by atoms with Crippen LogP contribution in [0.5, 0.6) is 0 Å². The van der Waals surface area contributed by atoms with Crippen LogP contribution in [-0.2, 0) is 9.47 Å². The summed E-state index contributed by atoms with van der Waals surface area (Å²) in [6, 6.07) is 7.85. The van der Waals surface area contributed by atoms with Crippen molar-refractivity contribution in [2.75, 3.05) is 33.5 Å². The minimum atomic E-state index is 0.0384. The molecule has 0 bridgehead atoms. The first-order chi connectivity index (χ1) is 10.3. The number of methoxy groups -OCH3 is 1. The summed E-state index contributed by atoms with van der Waals surface area (Å²) in [5.74, 6) is 0.897. The Balaban J connectivity index is 1.81. The van der Waals surface area contributed by atoms with Crippen LogP contribution in [0.25, 0.3) is 0 Å². The summed E-state index contributed by atoms with van der Waals surface area (Å²) >= 11 is 7.59. The molecule has 2 aromatic rings. The zero-order valence-electron chi connectivity index (χ0n) is 12.0. The first-order valence-electron chi connectivity index (χ1n) is 6.90. The van der Waals surface area contributed by atoms with Gasteiger partial charge in [0.05, 0.1) is 23.8 Å². The highest BCUT2D eigenvalue weighted by atomic mass is 35.5. The Morgan fingerprint density at radius 1 is 1.29 bits per heavy atom. The Bertz CT molecular complexity index is 501. The van der Waals surface area contributed by atoms with Crippen LogP contribution in [0.2, 0.25) is 4.34 Å². The predicted octanol–water partition coefficient (Wildman–Crippen LogP) is 3.73. The third kappa shape index (κ3) is 5.45. The summed E-state index contributed by atoms with van der Waals surface area (Å²) < 4.78 is 16.7. The van der Waals surface area contributed by atoms with E-state index in [-0.39, 0.29) is 6.04 Å². The van der Waals surface area contributed by atoms with Gasteiger partial charge >= 0.3 is 0 Å². The lowest BCUT2D eigenvalue weighted by atomic mass is 10.2. The lowest BCUT2D eigenvalue weighted by Gasteiger charge is -2.15. The lowest BCUT2D eigenvalue weighted by Crippen LogP contribution is -2.23. The molecule has 0 aromatic carbocycles. The highest BCUT2D eigenvalue weighted by Gasteiger charge is 2.17. The van der Waals surface area contributed by atoms with Crippen molar-refractivity contribution in [2.45, 2.75) is 12.5 Å². The molecule has 1 unspecified atom stereocenters. The largest absolute Gasteiger partial charge is 0.467 e. The lowest BCUT2D eigenvalue weighted by molar-refractivity contribution is 0.0693. The Hall–Kier alpha value is -0.850. The molecule has 0 saturated heterocycles. The maximum absolute atomic E-state index is 6.03. The Morgan fingerprint density at radius 3 is 2.86 bits per heavy atom. The third-order valence-electron chi connectivity index (χ3n) is 2.95. The first-order valence-corrected chi connectivity index (χ1v) is 8.09. The maximum Gasteiger partial charge on any atom is 0.126 e. The highest BCUT2D eigenvalue weighted by molar-refractivity contribution is 7.16. The van der Waals surface area contributed by atoms with Crippen molar-refractivity contribution in [2.24, 2.45) is 0 Å². The van der Waals surface area contributed by atoms with E-state index in [1.165, 1.54) is 0 Å². The second-order valence-electron chi connectivity index (χ2n) is 4.50. The van der Waals surface area contributed by atoms with Crippen molar-refractivity contribution in [1.29, 1.82) is 0 Å². The van der Waals surface area contributed by atoms with Crippen LogP contribution < -0.4 is 5.32 Å². The minimum Gasteiger partial charge on any atom is -0.467 e. The van der Waals surface area contributed by atoms with Crippen LogP contribution in [-0.4, -0.2) is 33.5 Å². The van der Waals surface area contributed by atoms with Gasteiger partial charge in [0, 0.05) is 18.6 Å². The molecule has 0 saturated carbocycles. The van der Waals surface area contributed by atoms with E-state index < -0.39 is 0 Å². The van der Waals surface area contributed by atoms with Crippen LogP contribution in [0, 0.1) is 0 Å². The molecule has 0 aliphatic rings. The van der Waals surface area contributed by atoms with Gasteiger partial charge in [-0.1, -0.05) is 11.6 Å². The molecule has 6 heteroatoms. The fourth-order valence-corrected chi connectivity index (χ4v) is 3.09. The fraction of sp³-hybridized carbons (Fsp3) is 0.467. The average Bonchev–Trinajstić information content (AvgIpc) is 3.14. The standard InChI is InChI=1S/C15H20ClNO3S/c1-18-10-11-19-8-3-7-17-15(12-4-2-9-20-12)13-5-6-14(16)21-13/h2,4-6,9,15,17H,3,7-8,10-11H2,1H3. The second-order valence-corrected chi connectivity index (χ2v) is 6.25. The van der Waals surface area contributed by atoms with E-state index in [0.29, 0.717) is 19.8 Å². The molecular weight excluding hydrogens is 310 g/mol. The Kier molecular flexibility index (Phi) is 7.26. The second kappa shape index (κ2) is 9.23. The van der Waals surface area contributed by atoms with Crippen LogP contribution in [0.4, 0.5) is 0 Å². The van der Waals surface area contributed by atoms with Gasteiger partial charge in [0.1, 0.15) is 11.8 Å². The quantitative estimate of drug-likeness (QED) is 0.675. The van der Waals surface area contributed by atoms with E-state index in [4.69, 9.17) is 25.5 Å². The van der Waals surface area contributed by atoms with Crippen molar-refractivity contribution in [1.82, 2.24) is 5.32 Å².